The second-order valence-corrected chi connectivity index (χ2v) is 8.44. The Morgan fingerprint density at radius 2 is 1.09 bits per heavy atom. The molecule has 158 valence electrons. The summed E-state index contributed by atoms with van der Waals surface area (Å²) in [5.41, 5.74) is 12.8. The number of anilines is 4. The van der Waals surface area contributed by atoms with Gasteiger partial charge in [-0.1, -0.05) is 72.8 Å². The Morgan fingerprint density at radius 3 is 1.59 bits per heavy atom. The van der Waals surface area contributed by atoms with Gasteiger partial charge in [0.25, 0.3) is 0 Å². The lowest BCUT2D eigenvalue weighted by Gasteiger charge is -2.35. The molecule has 0 aromatic heterocycles. The van der Waals surface area contributed by atoms with E-state index in [4.69, 9.17) is 5.73 Å². The van der Waals surface area contributed by atoms with Crippen LogP contribution in [0.25, 0.3) is 0 Å². The van der Waals surface area contributed by atoms with Crippen LogP contribution in [0.1, 0.15) is 30.4 Å². The first-order valence-corrected chi connectivity index (χ1v) is 11.3. The quantitative estimate of drug-likeness (QED) is 0.266. The van der Waals surface area contributed by atoms with Gasteiger partial charge in [0.1, 0.15) is 0 Å². The zero-order valence-corrected chi connectivity index (χ0v) is 18.2. The molecule has 0 radical (unpaired) electrons. The van der Waals surface area contributed by atoms with E-state index in [1.54, 1.807) is 0 Å². The van der Waals surface area contributed by atoms with Crippen LogP contribution in [0.2, 0.25) is 0 Å². The number of nitrogen functional groups attached to an aromatic ring is 1. The topological polar surface area (TPSA) is 29.3 Å². The van der Waals surface area contributed by atoms with Crippen LogP contribution < -0.4 is 10.6 Å². The summed E-state index contributed by atoms with van der Waals surface area (Å²) in [5.74, 6) is 0. The lowest BCUT2D eigenvalue weighted by molar-refractivity contribution is 0.530. The lowest BCUT2D eigenvalue weighted by atomic mass is 9.69. The normalized spacial score (nSPS) is 17.8. The first kappa shape index (κ1) is 20.1. The molecule has 0 saturated heterocycles. The van der Waals surface area contributed by atoms with Crippen LogP contribution in [0.15, 0.2) is 121 Å². The number of hydrogen-bond acceptors (Lipinski definition) is 2. The molecule has 1 aliphatic rings. The summed E-state index contributed by atoms with van der Waals surface area (Å²) in [6.07, 6.45) is 8.15. The van der Waals surface area contributed by atoms with Crippen molar-refractivity contribution in [2.45, 2.75) is 24.7 Å². The van der Waals surface area contributed by atoms with Gasteiger partial charge in [0, 0.05) is 28.2 Å². The fourth-order valence-electron chi connectivity index (χ4n) is 4.80. The third kappa shape index (κ3) is 3.80. The lowest BCUT2D eigenvalue weighted by Crippen LogP contribution is -2.27. The zero-order valence-electron chi connectivity index (χ0n) is 18.2. The Morgan fingerprint density at radius 1 is 0.594 bits per heavy atom. The second kappa shape index (κ2) is 8.76. The molecule has 2 N–H and O–H groups in total. The molecule has 4 aromatic carbocycles. The van der Waals surface area contributed by atoms with Crippen LogP contribution in [0.3, 0.4) is 0 Å². The summed E-state index contributed by atoms with van der Waals surface area (Å²) in [7, 11) is 0. The van der Waals surface area contributed by atoms with Gasteiger partial charge in [-0.3, -0.25) is 0 Å². The predicted molar refractivity (Wildman–Crippen MR) is 136 cm³/mol. The van der Waals surface area contributed by atoms with Crippen molar-refractivity contribution in [1.29, 1.82) is 0 Å². The van der Waals surface area contributed by atoms with Crippen LogP contribution in [-0.4, -0.2) is 0 Å². The van der Waals surface area contributed by atoms with E-state index in [0.717, 1.165) is 35.6 Å². The summed E-state index contributed by atoms with van der Waals surface area (Å²) in [6.45, 7) is 0. The molecular weight excluding hydrogens is 388 g/mol. The van der Waals surface area contributed by atoms with Crippen molar-refractivity contribution in [2.24, 2.45) is 0 Å². The summed E-state index contributed by atoms with van der Waals surface area (Å²) in [4.78, 5) is 2.30. The van der Waals surface area contributed by atoms with Gasteiger partial charge in [0.2, 0.25) is 0 Å². The van der Waals surface area contributed by atoms with Gasteiger partial charge in [-0.15, -0.1) is 0 Å². The van der Waals surface area contributed by atoms with Crippen LogP contribution in [0.5, 0.6) is 0 Å². The molecule has 1 unspecified atom stereocenters. The van der Waals surface area contributed by atoms with Crippen molar-refractivity contribution in [1.82, 2.24) is 0 Å². The molecule has 0 heterocycles. The predicted octanol–water partition coefficient (Wildman–Crippen LogP) is 7.76. The van der Waals surface area contributed by atoms with Crippen molar-refractivity contribution >= 4 is 22.7 Å². The Kier molecular flexibility index (Phi) is 5.51. The van der Waals surface area contributed by atoms with E-state index in [0.29, 0.717) is 0 Å². The molecule has 1 aliphatic carbocycles. The number of nitrogens with two attached hydrogens (primary N) is 1. The number of nitrogens with zero attached hydrogens (tertiary/aromatic N) is 1. The summed E-state index contributed by atoms with van der Waals surface area (Å²) < 4.78 is 0. The summed E-state index contributed by atoms with van der Waals surface area (Å²) >= 11 is 0. The first-order valence-electron chi connectivity index (χ1n) is 11.3. The average Bonchev–Trinajstić information content (AvgIpc) is 2.87. The van der Waals surface area contributed by atoms with Crippen molar-refractivity contribution < 1.29 is 0 Å². The molecule has 0 aliphatic heterocycles. The van der Waals surface area contributed by atoms with Crippen molar-refractivity contribution in [3.8, 4) is 0 Å². The highest BCUT2D eigenvalue weighted by Gasteiger charge is 2.32. The second-order valence-electron chi connectivity index (χ2n) is 8.44. The number of para-hydroxylation sites is 2. The Hall–Kier alpha value is -3.78. The maximum atomic E-state index is 5.98. The Bertz CT molecular complexity index is 1140. The van der Waals surface area contributed by atoms with Crippen LogP contribution in [-0.2, 0) is 5.41 Å². The molecule has 0 saturated carbocycles. The van der Waals surface area contributed by atoms with Gasteiger partial charge in [-0.05, 0) is 78.9 Å². The zero-order chi connectivity index (χ0) is 21.8. The molecule has 0 bridgehead atoms. The SMILES string of the molecule is Nc1ccc(C2(c3ccc(N(c4ccccc4)c4ccccc4)cc3)C=CCCC2)cc1. The largest absolute Gasteiger partial charge is 0.399 e. The molecule has 4 aromatic rings. The van der Waals surface area contributed by atoms with E-state index in [-0.39, 0.29) is 5.41 Å². The van der Waals surface area contributed by atoms with Gasteiger partial charge < -0.3 is 10.6 Å². The van der Waals surface area contributed by atoms with Crippen LogP contribution >= 0.6 is 0 Å². The van der Waals surface area contributed by atoms with E-state index in [9.17, 15) is 0 Å². The Balaban J connectivity index is 1.58. The van der Waals surface area contributed by atoms with Crippen molar-refractivity contribution in [3.63, 3.8) is 0 Å². The van der Waals surface area contributed by atoms with E-state index >= 15 is 0 Å². The van der Waals surface area contributed by atoms with Crippen molar-refractivity contribution in [3.05, 3.63) is 132 Å². The Labute approximate surface area is 190 Å². The van der Waals surface area contributed by atoms with Gasteiger partial charge in [0.15, 0.2) is 0 Å². The van der Waals surface area contributed by atoms with Crippen LogP contribution in [0.4, 0.5) is 22.7 Å². The van der Waals surface area contributed by atoms with E-state index in [1.807, 2.05) is 12.1 Å². The number of allylic oxidation sites excluding steroid dienone is 2. The first-order chi connectivity index (χ1) is 15.8. The molecule has 2 nitrogen and oxygen atoms in total. The van der Waals surface area contributed by atoms with Crippen LogP contribution in [0, 0.1) is 0 Å². The maximum Gasteiger partial charge on any atom is 0.0461 e. The number of benzene rings is 4. The van der Waals surface area contributed by atoms with Crippen molar-refractivity contribution in [2.75, 3.05) is 10.6 Å². The highest BCUT2D eigenvalue weighted by Crippen LogP contribution is 2.43. The minimum absolute atomic E-state index is 0.102. The molecule has 0 fully saturated rings. The van der Waals surface area contributed by atoms with Gasteiger partial charge in [-0.2, -0.15) is 0 Å². The fraction of sp³-hybridized carbons (Fsp3) is 0.133. The van der Waals surface area contributed by atoms with E-state index in [1.165, 1.54) is 17.5 Å². The highest BCUT2D eigenvalue weighted by atomic mass is 15.1. The minimum atomic E-state index is -0.102. The smallest absolute Gasteiger partial charge is 0.0461 e. The molecule has 5 rings (SSSR count). The maximum absolute atomic E-state index is 5.98. The molecule has 2 heteroatoms. The standard InChI is InChI=1S/C30H28N2/c31-26-18-14-24(15-19-26)30(22-8-3-9-23-30)25-16-20-29(21-17-25)32(27-10-4-1-5-11-27)28-12-6-2-7-13-28/h1-2,4-8,10-22H,3,9,23,31H2. The molecule has 0 spiro atoms. The minimum Gasteiger partial charge on any atom is -0.399 e. The van der Waals surface area contributed by atoms with Gasteiger partial charge >= 0.3 is 0 Å². The van der Waals surface area contributed by atoms with Gasteiger partial charge in [0.05, 0.1) is 0 Å². The third-order valence-electron chi connectivity index (χ3n) is 6.44. The molecule has 32 heavy (non-hydrogen) atoms. The average molecular weight is 417 g/mol. The fourth-order valence-corrected chi connectivity index (χ4v) is 4.80. The highest BCUT2D eigenvalue weighted by molar-refractivity contribution is 5.76. The molecular formula is C30H28N2. The third-order valence-corrected chi connectivity index (χ3v) is 6.44. The van der Waals surface area contributed by atoms with Gasteiger partial charge in [-0.25, -0.2) is 0 Å². The summed E-state index contributed by atoms with van der Waals surface area (Å²) in [5, 5.41) is 0. The monoisotopic (exact) mass is 416 g/mol. The molecule has 0 amide bonds. The van der Waals surface area contributed by atoms with E-state index < -0.39 is 0 Å². The summed E-state index contributed by atoms with van der Waals surface area (Å²) in [6, 6.07) is 38.5. The number of rotatable bonds is 5. The molecule has 1 atom stereocenters. The van der Waals surface area contributed by atoms with E-state index in [2.05, 4.69) is 114 Å². The number of hydrogen-bond donors (Lipinski definition) is 1.